The lowest BCUT2D eigenvalue weighted by atomic mass is 9.91. The fourth-order valence-electron chi connectivity index (χ4n) is 3.45. The Morgan fingerprint density at radius 2 is 2.00 bits per heavy atom. The Hall–Kier alpha value is -1.89. The van der Waals surface area contributed by atoms with Gasteiger partial charge in [-0.05, 0) is 73.7 Å². The molecule has 130 valence electrons. The molecule has 0 bridgehead atoms. The maximum atomic E-state index is 13.7. The van der Waals surface area contributed by atoms with E-state index in [0.717, 1.165) is 51.9 Å². The zero-order valence-corrected chi connectivity index (χ0v) is 13.7. The summed E-state index contributed by atoms with van der Waals surface area (Å²) < 4.78 is 29.2. The van der Waals surface area contributed by atoms with Crippen LogP contribution in [0.2, 0.25) is 0 Å². The molecule has 0 N–H and O–H groups in total. The van der Waals surface area contributed by atoms with Crippen LogP contribution in [0.25, 0.3) is 0 Å². The van der Waals surface area contributed by atoms with Gasteiger partial charge in [-0.1, -0.05) is 6.07 Å². The monoisotopic (exact) mass is 335 g/mol. The number of likely N-dealkylation sites (tertiary alicyclic amines) is 1. The molecule has 1 aromatic heterocycles. The molecule has 2 heterocycles. The first-order valence-corrected chi connectivity index (χ1v) is 8.58. The lowest BCUT2D eigenvalue weighted by molar-refractivity contribution is 0.164. The summed E-state index contributed by atoms with van der Waals surface area (Å²) in [4.78, 5) is 2.44. The Labute approximate surface area is 140 Å². The van der Waals surface area contributed by atoms with Crippen LogP contribution in [0.3, 0.4) is 0 Å². The van der Waals surface area contributed by atoms with E-state index in [1.165, 1.54) is 18.2 Å². The van der Waals surface area contributed by atoms with Gasteiger partial charge in [-0.2, -0.15) is 0 Å². The van der Waals surface area contributed by atoms with Crippen LogP contribution in [-0.4, -0.2) is 44.7 Å². The van der Waals surface area contributed by atoms with Crippen LogP contribution in [0, 0.1) is 17.6 Å². The quantitative estimate of drug-likeness (QED) is 0.780. The highest BCUT2D eigenvalue weighted by Crippen LogP contribution is 2.23. The van der Waals surface area contributed by atoms with Crippen molar-refractivity contribution >= 4 is 0 Å². The number of hydrogen-bond acceptors (Lipinski definition) is 4. The second-order valence-corrected chi connectivity index (χ2v) is 6.47. The lowest BCUT2D eigenvalue weighted by Gasteiger charge is -2.32. The fourth-order valence-corrected chi connectivity index (χ4v) is 3.45. The minimum atomic E-state index is -0.427. The van der Waals surface area contributed by atoms with Gasteiger partial charge in [-0.25, -0.2) is 13.5 Å². The third-order valence-corrected chi connectivity index (χ3v) is 4.72. The summed E-state index contributed by atoms with van der Waals surface area (Å²) in [5.41, 5.74) is 0.230. The van der Waals surface area contributed by atoms with Gasteiger partial charge in [0.2, 0.25) is 0 Å². The molecule has 0 radical (unpaired) electrons. The van der Waals surface area contributed by atoms with E-state index < -0.39 is 11.6 Å². The van der Waals surface area contributed by atoms with Gasteiger partial charge in [0.05, 0.1) is 0 Å². The molecule has 5 nitrogen and oxygen atoms in total. The van der Waals surface area contributed by atoms with Crippen molar-refractivity contribution in [1.29, 1.82) is 0 Å². The van der Waals surface area contributed by atoms with Crippen LogP contribution in [0.5, 0.6) is 0 Å². The summed E-state index contributed by atoms with van der Waals surface area (Å²) >= 11 is 0. The molecule has 1 aliphatic rings. The van der Waals surface area contributed by atoms with E-state index in [2.05, 4.69) is 20.4 Å². The van der Waals surface area contributed by atoms with Crippen molar-refractivity contribution in [2.45, 2.75) is 38.6 Å². The molecule has 1 aliphatic heterocycles. The Morgan fingerprint density at radius 1 is 1.17 bits per heavy atom. The van der Waals surface area contributed by atoms with E-state index in [9.17, 15) is 8.78 Å². The summed E-state index contributed by atoms with van der Waals surface area (Å²) in [5, 5.41) is 11.1. The van der Waals surface area contributed by atoms with Crippen molar-refractivity contribution in [1.82, 2.24) is 25.1 Å². The molecule has 24 heavy (non-hydrogen) atoms. The number of hydrogen-bond donors (Lipinski definition) is 0. The second-order valence-electron chi connectivity index (χ2n) is 6.47. The molecule has 0 amide bonds. The van der Waals surface area contributed by atoms with Crippen molar-refractivity contribution in [3.05, 3.63) is 41.7 Å². The van der Waals surface area contributed by atoms with Crippen LogP contribution in [0.1, 0.15) is 31.2 Å². The molecule has 0 aliphatic carbocycles. The number of aromatic nitrogens is 4. The van der Waals surface area contributed by atoms with Gasteiger partial charge in [-0.3, -0.25) is 0 Å². The number of tetrazole rings is 1. The molecular weight excluding hydrogens is 312 g/mol. The summed E-state index contributed by atoms with van der Waals surface area (Å²) in [6.07, 6.45) is 6.22. The van der Waals surface area contributed by atoms with Crippen LogP contribution in [0.4, 0.5) is 8.78 Å². The van der Waals surface area contributed by atoms with Gasteiger partial charge in [-0.15, -0.1) is 5.10 Å². The van der Waals surface area contributed by atoms with Gasteiger partial charge < -0.3 is 4.90 Å². The van der Waals surface area contributed by atoms with Crippen molar-refractivity contribution in [3.8, 4) is 0 Å². The molecule has 0 saturated carbocycles. The van der Waals surface area contributed by atoms with Gasteiger partial charge in [0.25, 0.3) is 0 Å². The highest BCUT2D eigenvalue weighted by molar-refractivity contribution is 5.19. The summed E-state index contributed by atoms with van der Waals surface area (Å²) in [7, 11) is 0. The number of halogens is 2. The average molecular weight is 335 g/mol. The van der Waals surface area contributed by atoms with Gasteiger partial charge in [0, 0.05) is 18.7 Å². The van der Waals surface area contributed by atoms with Crippen LogP contribution < -0.4 is 0 Å². The molecule has 0 spiro atoms. The Morgan fingerprint density at radius 3 is 2.75 bits per heavy atom. The maximum Gasteiger partial charge on any atom is 0.138 e. The SMILES string of the molecule is Fc1cccc(F)c1CCC1CCCN(CCCn2cnnn2)C1. The number of piperidine rings is 1. The molecule has 3 rings (SSSR count). The minimum absolute atomic E-state index is 0.230. The topological polar surface area (TPSA) is 46.8 Å². The number of aryl methyl sites for hydroxylation is 1. The highest BCUT2D eigenvalue weighted by atomic mass is 19.1. The maximum absolute atomic E-state index is 13.7. The standard InChI is InChI=1S/C17H23F2N5/c18-16-5-1-6-17(19)15(16)8-7-14-4-2-9-23(12-14)10-3-11-24-13-20-21-22-24/h1,5-6,13-14H,2-4,7-12H2. The van der Waals surface area contributed by atoms with Gasteiger partial charge in [0.1, 0.15) is 18.0 Å². The van der Waals surface area contributed by atoms with Gasteiger partial charge in [0.15, 0.2) is 0 Å². The van der Waals surface area contributed by atoms with Crippen molar-refractivity contribution in [2.24, 2.45) is 5.92 Å². The Kier molecular flexibility index (Phi) is 5.85. The summed E-state index contributed by atoms with van der Waals surface area (Å²) in [5.74, 6) is -0.348. The predicted octanol–water partition coefficient (Wildman–Crippen LogP) is 2.69. The smallest absolute Gasteiger partial charge is 0.138 e. The van der Waals surface area contributed by atoms with E-state index in [1.54, 1.807) is 11.0 Å². The first-order chi connectivity index (χ1) is 11.7. The number of benzene rings is 1. The highest BCUT2D eigenvalue weighted by Gasteiger charge is 2.20. The largest absolute Gasteiger partial charge is 0.303 e. The van der Waals surface area contributed by atoms with Crippen LogP contribution in [0.15, 0.2) is 24.5 Å². The molecule has 1 aromatic carbocycles. The van der Waals surface area contributed by atoms with E-state index in [1.807, 2.05) is 0 Å². The van der Waals surface area contributed by atoms with E-state index >= 15 is 0 Å². The average Bonchev–Trinajstić information content (AvgIpc) is 3.08. The van der Waals surface area contributed by atoms with Crippen LogP contribution in [-0.2, 0) is 13.0 Å². The van der Waals surface area contributed by atoms with Gasteiger partial charge >= 0.3 is 0 Å². The fraction of sp³-hybridized carbons (Fsp3) is 0.588. The van der Waals surface area contributed by atoms with Crippen molar-refractivity contribution in [2.75, 3.05) is 19.6 Å². The van der Waals surface area contributed by atoms with E-state index in [-0.39, 0.29) is 5.56 Å². The molecule has 1 atom stereocenters. The molecule has 1 saturated heterocycles. The minimum Gasteiger partial charge on any atom is -0.303 e. The molecule has 1 fully saturated rings. The molecule has 2 aromatic rings. The predicted molar refractivity (Wildman–Crippen MR) is 86.3 cm³/mol. The van der Waals surface area contributed by atoms with Crippen molar-refractivity contribution in [3.63, 3.8) is 0 Å². The summed E-state index contributed by atoms with van der Waals surface area (Å²) in [6.45, 7) is 3.92. The zero-order valence-electron chi connectivity index (χ0n) is 13.7. The normalized spacial score (nSPS) is 18.8. The summed E-state index contributed by atoms with van der Waals surface area (Å²) in [6, 6.07) is 4.09. The first kappa shape index (κ1) is 17.0. The third-order valence-electron chi connectivity index (χ3n) is 4.72. The van der Waals surface area contributed by atoms with E-state index in [4.69, 9.17) is 0 Å². The Balaban J connectivity index is 1.43. The number of rotatable bonds is 7. The Bertz CT molecular complexity index is 612. The van der Waals surface area contributed by atoms with Crippen LogP contribution >= 0.6 is 0 Å². The number of nitrogens with zero attached hydrogens (tertiary/aromatic N) is 5. The van der Waals surface area contributed by atoms with Crippen molar-refractivity contribution < 1.29 is 8.78 Å². The zero-order chi connectivity index (χ0) is 16.8. The first-order valence-electron chi connectivity index (χ1n) is 8.58. The second kappa shape index (κ2) is 8.28. The molecular formula is C17H23F2N5. The molecule has 7 heteroatoms. The third kappa shape index (κ3) is 4.56. The molecule has 1 unspecified atom stereocenters. The lowest BCUT2D eigenvalue weighted by Crippen LogP contribution is -2.36. The van der Waals surface area contributed by atoms with E-state index in [0.29, 0.717) is 12.3 Å².